The molecule has 2 rings (SSSR count). The van der Waals surface area contributed by atoms with Crippen molar-refractivity contribution in [3.8, 4) is 0 Å². The molecule has 2 N–H and O–H groups in total. The Morgan fingerprint density at radius 1 is 1.26 bits per heavy atom. The highest BCUT2D eigenvalue weighted by molar-refractivity contribution is 7.89. The van der Waals surface area contributed by atoms with Crippen LogP contribution in [0.2, 0.25) is 0 Å². The molecule has 0 saturated carbocycles. The summed E-state index contributed by atoms with van der Waals surface area (Å²) in [5.41, 5.74) is 0.642. The van der Waals surface area contributed by atoms with Gasteiger partial charge in [0.25, 0.3) is 0 Å². The van der Waals surface area contributed by atoms with Crippen molar-refractivity contribution >= 4 is 21.7 Å². The molecule has 0 aliphatic carbocycles. The molecule has 1 aliphatic heterocycles. The van der Waals surface area contributed by atoms with Crippen LogP contribution in [0.3, 0.4) is 0 Å². The molecular weight excluding hydrogens is 316 g/mol. The summed E-state index contributed by atoms with van der Waals surface area (Å²) in [4.78, 5) is 13.5. The molecule has 6 nitrogen and oxygen atoms in total. The van der Waals surface area contributed by atoms with Crippen LogP contribution < -0.4 is 9.62 Å². The third kappa shape index (κ3) is 4.45. The van der Waals surface area contributed by atoms with Gasteiger partial charge < -0.3 is 10.0 Å². The monoisotopic (exact) mass is 340 g/mol. The maximum absolute atomic E-state index is 12.3. The highest BCUT2D eigenvalue weighted by Gasteiger charge is 2.22. The lowest BCUT2D eigenvalue weighted by Gasteiger charge is -2.20. The number of hydrogen-bond donors (Lipinski definition) is 2. The number of benzene rings is 1. The quantitative estimate of drug-likeness (QED) is 0.710. The molecule has 128 valence electrons. The molecule has 0 amide bonds. The fourth-order valence-corrected chi connectivity index (χ4v) is 3.85. The summed E-state index contributed by atoms with van der Waals surface area (Å²) in [5.74, 6) is -1.10. The van der Waals surface area contributed by atoms with E-state index in [-0.39, 0.29) is 10.5 Å². The summed E-state index contributed by atoms with van der Waals surface area (Å²) in [5, 5.41) is 9.42. The number of nitrogens with zero attached hydrogens (tertiary/aromatic N) is 1. The van der Waals surface area contributed by atoms with Gasteiger partial charge in [0, 0.05) is 19.6 Å². The van der Waals surface area contributed by atoms with E-state index in [9.17, 15) is 18.3 Å². The second-order valence-corrected chi connectivity index (χ2v) is 7.55. The van der Waals surface area contributed by atoms with Gasteiger partial charge >= 0.3 is 5.97 Å². The third-order valence-electron chi connectivity index (χ3n) is 4.03. The van der Waals surface area contributed by atoms with Crippen molar-refractivity contribution in [3.63, 3.8) is 0 Å². The van der Waals surface area contributed by atoms with Crippen molar-refractivity contribution < 1.29 is 18.3 Å². The van der Waals surface area contributed by atoms with Crippen molar-refractivity contribution in [2.75, 3.05) is 24.5 Å². The standard InChI is InChI=1S/C16H24N2O4S/c1-2-3-4-9-17-23(21,22)13-7-8-15(14(12-13)16(19)20)18-10-5-6-11-18/h7-8,12,17H,2-6,9-11H2,1H3,(H,19,20). The number of rotatable bonds is 8. The number of unbranched alkanes of at least 4 members (excludes halogenated alkanes) is 2. The van der Waals surface area contributed by atoms with Crippen molar-refractivity contribution in [3.05, 3.63) is 23.8 Å². The van der Waals surface area contributed by atoms with Crippen molar-refractivity contribution in [1.82, 2.24) is 4.72 Å². The average molecular weight is 340 g/mol. The minimum Gasteiger partial charge on any atom is -0.478 e. The predicted molar refractivity (Wildman–Crippen MR) is 89.6 cm³/mol. The molecule has 0 aromatic heterocycles. The molecule has 1 aromatic rings. The Kier molecular flexibility index (Phi) is 6.01. The largest absolute Gasteiger partial charge is 0.478 e. The zero-order valence-electron chi connectivity index (χ0n) is 13.4. The molecule has 1 saturated heterocycles. The Morgan fingerprint density at radius 2 is 1.96 bits per heavy atom. The number of anilines is 1. The first-order valence-corrected chi connectivity index (χ1v) is 9.56. The number of carboxylic acid groups (broad SMARTS) is 1. The molecule has 0 bridgehead atoms. The van der Waals surface area contributed by atoms with E-state index >= 15 is 0 Å². The molecule has 0 atom stereocenters. The number of sulfonamides is 1. The topological polar surface area (TPSA) is 86.7 Å². The molecule has 1 fully saturated rings. The molecule has 0 radical (unpaired) electrons. The summed E-state index contributed by atoms with van der Waals surface area (Å²) in [6.07, 6.45) is 4.79. The van der Waals surface area contributed by atoms with Gasteiger partial charge in [-0.15, -0.1) is 0 Å². The van der Waals surface area contributed by atoms with Crippen LogP contribution in [0, 0.1) is 0 Å². The highest BCUT2D eigenvalue weighted by atomic mass is 32.2. The second kappa shape index (κ2) is 7.79. The number of nitrogens with one attached hydrogen (secondary N) is 1. The van der Waals surface area contributed by atoms with Crippen LogP contribution in [0.25, 0.3) is 0 Å². The number of carboxylic acids is 1. The normalized spacial score (nSPS) is 15.1. The zero-order valence-corrected chi connectivity index (χ0v) is 14.2. The van der Waals surface area contributed by atoms with Gasteiger partial charge in [-0.05, 0) is 37.5 Å². The molecule has 1 aromatic carbocycles. The average Bonchev–Trinajstić information content (AvgIpc) is 3.05. The van der Waals surface area contributed by atoms with Gasteiger partial charge in [-0.1, -0.05) is 19.8 Å². The molecule has 0 spiro atoms. The Bertz CT molecular complexity index is 652. The third-order valence-corrected chi connectivity index (χ3v) is 5.49. The summed E-state index contributed by atoms with van der Waals surface area (Å²) in [6.45, 7) is 4.03. The molecule has 1 aliphatic rings. The van der Waals surface area contributed by atoms with Crippen molar-refractivity contribution in [1.29, 1.82) is 0 Å². The molecule has 1 heterocycles. The number of carbonyl (C=O) groups is 1. The van der Waals surface area contributed by atoms with Gasteiger partial charge in [0.15, 0.2) is 0 Å². The maximum atomic E-state index is 12.3. The molecule has 23 heavy (non-hydrogen) atoms. The summed E-state index contributed by atoms with van der Waals surface area (Å²) >= 11 is 0. The first-order valence-electron chi connectivity index (χ1n) is 8.07. The predicted octanol–water partition coefficient (Wildman–Crippen LogP) is 2.45. The lowest BCUT2D eigenvalue weighted by Crippen LogP contribution is -2.26. The van der Waals surface area contributed by atoms with Crippen LogP contribution in [0.15, 0.2) is 23.1 Å². The van der Waals surface area contributed by atoms with Gasteiger partial charge in [-0.3, -0.25) is 0 Å². The summed E-state index contributed by atoms with van der Waals surface area (Å²) < 4.78 is 27.1. The van der Waals surface area contributed by atoms with E-state index in [1.54, 1.807) is 6.07 Å². The number of aromatic carboxylic acids is 1. The Hall–Kier alpha value is -1.60. The van der Waals surface area contributed by atoms with Crippen LogP contribution in [0.1, 0.15) is 49.4 Å². The highest BCUT2D eigenvalue weighted by Crippen LogP contribution is 2.27. The summed E-state index contributed by atoms with van der Waals surface area (Å²) in [7, 11) is -3.67. The van der Waals surface area contributed by atoms with Crippen molar-refractivity contribution in [2.24, 2.45) is 0 Å². The molecule has 7 heteroatoms. The Balaban J connectivity index is 2.22. The van der Waals surface area contributed by atoms with Gasteiger partial charge in [-0.25, -0.2) is 17.9 Å². The van der Waals surface area contributed by atoms with Crippen LogP contribution in [0.5, 0.6) is 0 Å². The lowest BCUT2D eigenvalue weighted by atomic mass is 10.1. The van der Waals surface area contributed by atoms with Crippen molar-refractivity contribution in [2.45, 2.75) is 43.9 Å². The number of hydrogen-bond acceptors (Lipinski definition) is 4. The molecular formula is C16H24N2O4S. The Morgan fingerprint density at radius 3 is 2.57 bits per heavy atom. The van der Waals surface area contributed by atoms with Crippen LogP contribution in [-0.2, 0) is 10.0 Å². The van der Waals surface area contributed by atoms with Gasteiger partial charge in [0.1, 0.15) is 0 Å². The van der Waals surface area contributed by atoms with E-state index in [1.807, 2.05) is 11.8 Å². The Labute approximate surface area is 137 Å². The first-order chi connectivity index (χ1) is 11.0. The second-order valence-electron chi connectivity index (χ2n) is 5.78. The van der Waals surface area contributed by atoms with E-state index < -0.39 is 16.0 Å². The fraction of sp³-hybridized carbons (Fsp3) is 0.562. The zero-order chi connectivity index (χ0) is 16.9. The van der Waals surface area contributed by atoms with Gasteiger partial charge in [-0.2, -0.15) is 0 Å². The fourth-order valence-electron chi connectivity index (χ4n) is 2.75. The van der Waals surface area contributed by atoms with E-state index in [4.69, 9.17) is 0 Å². The maximum Gasteiger partial charge on any atom is 0.337 e. The van der Waals surface area contributed by atoms with E-state index in [0.717, 1.165) is 45.2 Å². The minimum atomic E-state index is -3.67. The minimum absolute atomic E-state index is 0.00865. The lowest BCUT2D eigenvalue weighted by molar-refractivity contribution is 0.0697. The van der Waals surface area contributed by atoms with Gasteiger partial charge in [0.05, 0.1) is 16.1 Å². The van der Waals surface area contributed by atoms with E-state index in [0.29, 0.717) is 12.2 Å². The molecule has 0 unspecified atom stereocenters. The van der Waals surface area contributed by atoms with Gasteiger partial charge in [0.2, 0.25) is 10.0 Å². The van der Waals surface area contributed by atoms with E-state index in [2.05, 4.69) is 4.72 Å². The first kappa shape index (κ1) is 17.7. The SMILES string of the molecule is CCCCCNS(=O)(=O)c1ccc(N2CCCC2)c(C(=O)O)c1. The smallest absolute Gasteiger partial charge is 0.337 e. The van der Waals surface area contributed by atoms with E-state index in [1.165, 1.54) is 12.1 Å². The van der Waals surface area contributed by atoms with Crippen LogP contribution >= 0.6 is 0 Å². The van der Waals surface area contributed by atoms with Crippen LogP contribution in [-0.4, -0.2) is 39.1 Å². The summed E-state index contributed by atoms with van der Waals surface area (Å²) in [6, 6.07) is 4.36. The van der Waals surface area contributed by atoms with Crippen LogP contribution in [0.4, 0.5) is 5.69 Å².